The van der Waals surface area contributed by atoms with E-state index in [1.807, 2.05) is 6.07 Å². The van der Waals surface area contributed by atoms with Crippen LogP contribution in [0.5, 0.6) is 0 Å². The Morgan fingerprint density at radius 2 is 2.13 bits per heavy atom. The predicted molar refractivity (Wildman–Crippen MR) is 113 cm³/mol. The molecule has 9 nitrogen and oxygen atoms in total. The molecule has 30 heavy (non-hydrogen) atoms. The van der Waals surface area contributed by atoms with Crippen molar-refractivity contribution in [1.29, 1.82) is 0 Å². The summed E-state index contributed by atoms with van der Waals surface area (Å²) in [4.78, 5) is 21.6. The number of carbonyl (C=O) groups is 1. The molecule has 4 rings (SSSR count). The van der Waals surface area contributed by atoms with Gasteiger partial charge in [0.15, 0.2) is 5.65 Å². The number of nitrogens with zero attached hydrogens (tertiary/aromatic N) is 4. The molecule has 3 N–H and O–H groups in total. The summed E-state index contributed by atoms with van der Waals surface area (Å²) in [5.41, 5.74) is 2.21. The van der Waals surface area contributed by atoms with Crippen LogP contribution in [0.3, 0.4) is 0 Å². The molecule has 0 aliphatic carbocycles. The van der Waals surface area contributed by atoms with Gasteiger partial charge in [-0.05, 0) is 26.3 Å². The van der Waals surface area contributed by atoms with E-state index in [1.165, 1.54) is 6.20 Å². The number of nitrogens with one attached hydrogen (secondary N) is 2. The molecule has 0 aromatic carbocycles. The molecule has 1 saturated heterocycles. The highest BCUT2D eigenvalue weighted by Crippen LogP contribution is 2.27. The van der Waals surface area contributed by atoms with Crippen LogP contribution in [0.15, 0.2) is 30.9 Å². The molecule has 158 valence electrons. The average molecular weight is 431 g/mol. The number of halogens is 1. The zero-order valence-electron chi connectivity index (χ0n) is 16.7. The molecule has 0 saturated carbocycles. The zero-order valence-corrected chi connectivity index (χ0v) is 17.5. The van der Waals surface area contributed by atoms with Gasteiger partial charge in [-0.15, -0.1) is 0 Å². The van der Waals surface area contributed by atoms with E-state index in [1.54, 1.807) is 37.0 Å². The molecule has 0 atom stereocenters. The first kappa shape index (κ1) is 20.5. The Bertz CT molecular complexity index is 1070. The summed E-state index contributed by atoms with van der Waals surface area (Å²) in [5, 5.41) is 20.8. The summed E-state index contributed by atoms with van der Waals surface area (Å²) < 4.78 is 6.83. The summed E-state index contributed by atoms with van der Waals surface area (Å²) in [5.74, 6) is -0.259. The van der Waals surface area contributed by atoms with Crippen LogP contribution < -0.4 is 10.6 Å². The largest absolute Gasteiger partial charge is 0.390 e. The molecule has 0 radical (unpaired) electrons. The number of rotatable bonds is 7. The predicted octanol–water partition coefficient (Wildman–Crippen LogP) is 2.15. The molecule has 0 spiro atoms. The maximum absolute atomic E-state index is 12.7. The van der Waals surface area contributed by atoms with Gasteiger partial charge in [0.05, 0.1) is 64.8 Å². The minimum Gasteiger partial charge on any atom is -0.390 e. The number of hydrogen-bond acceptors (Lipinski definition) is 7. The second-order valence-corrected chi connectivity index (χ2v) is 8.35. The summed E-state index contributed by atoms with van der Waals surface area (Å²) in [6.07, 6.45) is 6.87. The number of carbonyl (C=O) groups excluding carboxylic acids is 1. The van der Waals surface area contributed by atoms with Crippen molar-refractivity contribution in [3.8, 4) is 11.3 Å². The van der Waals surface area contributed by atoms with E-state index in [0.29, 0.717) is 53.8 Å². The Hall–Kier alpha value is -2.75. The summed E-state index contributed by atoms with van der Waals surface area (Å²) in [7, 11) is 0. The first-order valence-electron chi connectivity index (χ1n) is 9.64. The smallest absolute Gasteiger partial charge is 0.254 e. The summed E-state index contributed by atoms with van der Waals surface area (Å²) in [6.45, 7) is 4.92. The number of ether oxygens (including phenoxy) is 1. The standard InChI is InChI=1S/C20H23ClN6O3/c1-20(2,29)3-4-22-19(28)15-7-23-16(5-17(15)26-13-10-30-11-13)14-8-25-27-9-12(21)6-24-18(14)27/h5-9,13,29H,3-4,10-11H2,1-2H3,(H,22,28)(H,23,26). The fourth-order valence-corrected chi connectivity index (χ4v) is 3.19. The Morgan fingerprint density at radius 1 is 1.33 bits per heavy atom. The monoisotopic (exact) mass is 430 g/mol. The van der Waals surface area contributed by atoms with Gasteiger partial charge in [-0.1, -0.05) is 11.6 Å². The molecule has 1 fully saturated rings. The van der Waals surface area contributed by atoms with Crippen LogP contribution in [0.1, 0.15) is 30.6 Å². The number of anilines is 1. The minimum absolute atomic E-state index is 0.129. The maximum atomic E-state index is 12.7. The Morgan fingerprint density at radius 3 is 2.83 bits per heavy atom. The van der Waals surface area contributed by atoms with Crippen LogP contribution in [-0.2, 0) is 4.74 Å². The van der Waals surface area contributed by atoms with Crippen molar-refractivity contribution in [1.82, 2.24) is 24.9 Å². The van der Waals surface area contributed by atoms with Crippen molar-refractivity contribution < 1.29 is 14.6 Å². The molecule has 0 unspecified atom stereocenters. The fourth-order valence-electron chi connectivity index (χ4n) is 3.05. The first-order chi connectivity index (χ1) is 14.3. The number of aliphatic hydroxyl groups is 1. The van der Waals surface area contributed by atoms with Crippen molar-refractivity contribution in [2.75, 3.05) is 25.1 Å². The van der Waals surface area contributed by atoms with E-state index in [-0.39, 0.29) is 11.9 Å². The Balaban J connectivity index is 1.63. The van der Waals surface area contributed by atoms with Gasteiger partial charge in [-0.2, -0.15) is 5.10 Å². The van der Waals surface area contributed by atoms with Gasteiger partial charge in [0.25, 0.3) is 5.91 Å². The molecular weight excluding hydrogens is 408 g/mol. The average Bonchev–Trinajstić information content (AvgIpc) is 3.06. The number of hydrogen-bond donors (Lipinski definition) is 3. The molecular formula is C20H23ClN6O3. The lowest BCUT2D eigenvalue weighted by Gasteiger charge is -2.28. The highest BCUT2D eigenvalue weighted by molar-refractivity contribution is 6.30. The SMILES string of the molecule is CC(C)(O)CCNC(=O)c1cnc(-c2cnn3cc(Cl)cnc23)cc1NC1COC1. The first-order valence-corrected chi connectivity index (χ1v) is 10.0. The van der Waals surface area contributed by atoms with Crippen molar-refractivity contribution in [3.05, 3.63) is 41.4 Å². The molecule has 3 aromatic rings. The molecule has 3 aromatic heterocycles. The Kier molecular flexibility index (Phi) is 5.59. The maximum Gasteiger partial charge on any atom is 0.254 e. The van der Waals surface area contributed by atoms with Gasteiger partial charge in [0.1, 0.15) is 0 Å². The quantitative estimate of drug-likeness (QED) is 0.526. The van der Waals surface area contributed by atoms with Crippen LogP contribution in [0.4, 0.5) is 5.69 Å². The minimum atomic E-state index is -0.848. The van der Waals surface area contributed by atoms with Crippen LogP contribution in [0.25, 0.3) is 16.9 Å². The van der Waals surface area contributed by atoms with E-state index >= 15 is 0 Å². The number of pyridine rings is 1. The molecule has 1 aliphatic heterocycles. The molecule has 10 heteroatoms. The third-order valence-corrected chi connectivity index (χ3v) is 4.96. The van der Waals surface area contributed by atoms with Crippen LogP contribution >= 0.6 is 11.6 Å². The third-order valence-electron chi connectivity index (χ3n) is 4.77. The van der Waals surface area contributed by atoms with Gasteiger partial charge in [0, 0.05) is 18.9 Å². The summed E-state index contributed by atoms with van der Waals surface area (Å²) in [6, 6.07) is 1.94. The van der Waals surface area contributed by atoms with Crippen LogP contribution in [0, 0.1) is 0 Å². The number of aromatic nitrogens is 4. The molecule has 1 aliphatic rings. The van der Waals surface area contributed by atoms with E-state index in [9.17, 15) is 9.90 Å². The van der Waals surface area contributed by atoms with Crippen molar-refractivity contribution in [2.24, 2.45) is 0 Å². The third kappa shape index (κ3) is 4.53. The molecule has 1 amide bonds. The lowest BCUT2D eigenvalue weighted by molar-refractivity contribution is 0.0210. The van der Waals surface area contributed by atoms with E-state index in [0.717, 1.165) is 5.56 Å². The van der Waals surface area contributed by atoms with Crippen molar-refractivity contribution in [3.63, 3.8) is 0 Å². The lowest BCUT2D eigenvalue weighted by atomic mass is 10.1. The number of amides is 1. The normalized spacial score (nSPS) is 14.5. The lowest BCUT2D eigenvalue weighted by Crippen LogP contribution is -2.41. The fraction of sp³-hybridized carbons (Fsp3) is 0.400. The van der Waals surface area contributed by atoms with E-state index in [4.69, 9.17) is 16.3 Å². The topological polar surface area (TPSA) is 114 Å². The van der Waals surface area contributed by atoms with Crippen molar-refractivity contribution in [2.45, 2.75) is 31.9 Å². The van der Waals surface area contributed by atoms with Gasteiger partial charge in [-0.3, -0.25) is 9.78 Å². The van der Waals surface area contributed by atoms with Crippen molar-refractivity contribution >= 4 is 28.8 Å². The summed E-state index contributed by atoms with van der Waals surface area (Å²) >= 11 is 5.98. The molecule has 4 heterocycles. The van der Waals surface area contributed by atoms with Gasteiger partial charge in [-0.25, -0.2) is 9.50 Å². The second kappa shape index (κ2) is 8.17. The molecule has 0 bridgehead atoms. The van der Waals surface area contributed by atoms with Crippen LogP contribution in [-0.4, -0.2) is 62.0 Å². The van der Waals surface area contributed by atoms with E-state index in [2.05, 4.69) is 25.7 Å². The highest BCUT2D eigenvalue weighted by Gasteiger charge is 2.23. The van der Waals surface area contributed by atoms with E-state index < -0.39 is 5.60 Å². The highest BCUT2D eigenvalue weighted by atomic mass is 35.5. The van der Waals surface area contributed by atoms with Gasteiger partial charge >= 0.3 is 0 Å². The van der Waals surface area contributed by atoms with Crippen LogP contribution in [0.2, 0.25) is 5.02 Å². The second-order valence-electron chi connectivity index (χ2n) is 7.91. The zero-order chi connectivity index (χ0) is 21.3. The van der Waals surface area contributed by atoms with Gasteiger partial charge < -0.3 is 20.5 Å². The van der Waals surface area contributed by atoms with Gasteiger partial charge in [0.2, 0.25) is 0 Å². The Labute approximate surface area is 178 Å². The number of fused-ring (bicyclic) bond motifs is 1.